The minimum atomic E-state index is -0.169. The van der Waals surface area contributed by atoms with Crippen LogP contribution < -0.4 is 19.5 Å². The molecule has 0 aliphatic carbocycles. The van der Waals surface area contributed by atoms with Crippen molar-refractivity contribution in [1.29, 1.82) is 0 Å². The quantitative estimate of drug-likeness (QED) is 0.400. The van der Waals surface area contributed by atoms with Crippen LogP contribution in [0.3, 0.4) is 0 Å². The number of carbonyl (C=O) groups excluding carboxylic acids is 2. The number of benzene rings is 3. The average molecular weight is 485 g/mol. The van der Waals surface area contributed by atoms with Crippen LogP contribution >= 0.6 is 0 Å². The summed E-state index contributed by atoms with van der Waals surface area (Å²) in [5.74, 6) is 1.74. The third-order valence-electron chi connectivity index (χ3n) is 6.55. The average Bonchev–Trinajstić information content (AvgIpc) is 3.40. The van der Waals surface area contributed by atoms with Crippen molar-refractivity contribution in [2.75, 3.05) is 32.3 Å². The second-order valence-electron chi connectivity index (χ2n) is 8.79. The lowest BCUT2D eigenvalue weighted by Gasteiger charge is -2.32. The van der Waals surface area contributed by atoms with E-state index in [-0.39, 0.29) is 24.5 Å². The first-order valence-corrected chi connectivity index (χ1v) is 12.0. The first-order chi connectivity index (χ1) is 17.6. The van der Waals surface area contributed by atoms with E-state index in [4.69, 9.17) is 14.2 Å². The fourth-order valence-corrected chi connectivity index (χ4v) is 4.56. The number of amides is 2. The Labute approximate surface area is 210 Å². The van der Waals surface area contributed by atoms with Gasteiger partial charge in [-0.2, -0.15) is 0 Å². The molecule has 0 bridgehead atoms. The highest BCUT2D eigenvalue weighted by molar-refractivity contribution is 6.24. The first-order valence-electron chi connectivity index (χ1n) is 12.0. The first kappa shape index (κ1) is 23.5. The molecular formula is C29H28N2O5. The van der Waals surface area contributed by atoms with Crippen molar-refractivity contribution < 1.29 is 23.8 Å². The smallest absolute Gasteiger partial charge is 0.254 e. The highest BCUT2D eigenvalue weighted by atomic mass is 16.7. The topological polar surface area (TPSA) is 77.1 Å². The number of carbonyl (C=O) groups is 2. The van der Waals surface area contributed by atoms with Crippen LogP contribution in [0.25, 0.3) is 11.6 Å². The molecule has 0 spiro atoms. The molecule has 2 aliphatic heterocycles. The van der Waals surface area contributed by atoms with Gasteiger partial charge in [0, 0.05) is 41.9 Å². The molecule has 0 radical (unpaired) electrons. The highest BCUT2D eigenvalue weighted by Gasteiger charge is 2.29. The molecule has 3 aromatic rings. The Morgan fingerprint density at radius 2 is 1.67 bits per heavy atom. The third-order valence-corrected chi connectivity index (χ3v) is 6.55. The highest BCUT2D eigenvalue weighted by Crippen LogP contribution is 2.35. The predicted molar refractivity (Wildman–Crippen MR) is 138 cm³/mol. The minimum absolute atomic E-state index is 0.0474. The molecule has 184 valence electrons. The number of para-hydroxylation sites is 1. The zero-order valence-corrected chi connectivity index (χ0v) is 20.1. The van der Waals surface area contributed by atoms with E-state index < -0.39 is 0 Å². The minimum Gasteiger partial charge on any atom is -0.496 e. The van der Waals surface area contributed by atoms with Crippen LogP contribution in [0, 0.1) is 5.92 Å². The van der Waals surface area contributed by atoms with Crippen LogP contribution in [-0.4, -0.2) is 43.7 Å². The zero-order valence-electron chi connectivity index (χ0n) is 20.1. The van der Waals surface area contributed by atoms with Crippen molar-refractivity contribution in [3.63, 3.8) is 0 Å². The molecule has 3 aromatic carbocycles. The van der Waals surface area contributed by atoms with Gasteiger partial charge in [0.05, 0.1) is 7.11 Å². The Morgan fingerprint density at radius 1 is 0.944 bits per heavy atom. The summed E-state index contributed by atoms with van der Waals surface area (Å²) in [6.07, 6.45) is 3.08. The van der Waals surface area contributed by atoms with Crippen molar-refractivity contribution in [2.24, 2.45) is 5.92 Å². The number of anilines is 1. The van der Waals surface area contributed by atoms with Crippen LogP contribution in [0.2, 0.25) is 0 Å². The van der Waals surface area contributed by atoms with E-state index in [1.165, 1.54) is 0 Å². The van der Waals surface area contributed by atoms with Gasteiger partial charge in [0.2, 0.25) is 12.7 Å². The lowest BCUT2D eigenvalue weighted by Crippen LogP contribution is -2.41. The third kappa shape index (κ3) is 5.05. The van der Waals surface area contributed by atoms with Gasteiger partial charge < -0.3 is 24.4 Å². The maximum atomic E-state index is 13.7. The van der Waals surface area contributed by atoms with E-state index in [1.807, 2.05) is 65.6 Å². The molecule has 1 fully saturated rings. The van der Waals surface area contributed by atoms with Gasteiger partial charge in [0.15, 0.2) is 11.5 Å². The lowest BCUT2D eigenvalue weighted by molar-refractivity contribution is -0.129. The summed E-state index contributed by atoms with van der Waals surface area (Å²) in [7, 11) is 1.62. The maximum absolute atomic E-state index is 13.7. The summed E-state index contributed by atoms with van der Waals surface area (Å²) >= 11 is 0. The van der Waals surface area contributed by atoms with Gasteiger partial charge in [-0.15, -0.1) is 0 Å². The molecule has 2 amide bonds. The maximum Gasteiger partial charge on any atom is 0.254 e. The molecule has 0 aromatic heterocycles. The van der Waals surface area contributed by atoms with Crippen molar-refractivity contribution in [1.82, 2.24) is 4.90 Å². The molecule has 7 heteroatoms. The molecule has 2 aliphatic rings. The van der Waals surface area contributed by atoms with Crippen molar-refractivity contribution in [3.05, 3.63) is 83.9 Å². The molecule has 0 saturated carbocycles. The van der Waals surface area contributed by atoms with Gasteiger partial charge in [-0.3, -0.25) is 9.59 Å². The summed E-state index contributed by atoms with van der Waals surface area (Å²) in [6, 6.07) is 22.6. The van der Waals surface area contributed by atoms with Crippen molar-refractivity contribution in [2.45, 2.75) is 12.8 Å². The Bertz CT molecular complexity index is 1280. The summed E-state index contributed by atoms with van der Waals surface area (Å²) in [4.78, 5) is 28.4. The second-order valence-corrected chi connectivity index (χ2v) is 8.79. The second kappa shape index (κ2) is 10.6. The molecular weight excluding hydrogens is 456 g/mol. The number of piperidine rings is 1. The molecule has 36 heavy (non-hydrogen) atoms. The Morgan fingerprint density at radius 3 is 2.44 bits per heavy atom. The Balaban J connectivity index is 1.28. The van der Waals surface area contributed by atoms with Crippen LogP contribution in [0.5, 0.6) is 17.2 Å². The molecule has 1 N–H and O–H groups in total. The summed E-state index contributed by atoms with van der Waals surface area (Å²) in [6.45, 7) is 1.21. The molecule has 0 unspecified atom stereocenters. The number of nitrogens with zero attached hydrogens (tertiary/aromatic N) is 1. The SMILES string of the molecule is COc1ccccc1C=C(C(=O)N1CCC(C(=O)Nc2ccc3c(c2)OCO3)CC1)c1ccccc1. The number of fused-ring (bicyclic) bond motifs is 1. The Hall–Kier alpha value is -4.26. The van der Waals surface area contributed by atoms with Gasteiger partial charge in [-0.1, -0.05) is 48.5 Å². The summed E-state index contributed by atoms with van der Waals surface area (Å²) in [5.41, 5.74) is 2.96. The lowest BCUT2D eigenvalue weighted by atomic mass is 9.94. The number of likely N-dealkylation sites (tertiary alicyclic amines) is 1. The Kier molecular flexibility index (Phi) is 6.89. The summed E-state index contributed by atoms with van der Waals surface area (Å²) in [5, 5.41) is 2.98. The normalized spacial score (nSPS) is 15.5. The van der Waals surface area contributed by atoms with Gasteiger partial charge in [-0.25, -0.2) is 0 Å². The van der Waals surface area contributed by atoms with Gasteiger partial charge in [0.25, 0.3) is 5.91 Å². The van der Waals surface area contributed by atoms with Crippen LogP contribution in [-0.2, 0) is 9.59 Å². The number of rotatable bonds is 6. The van der Waals surface area contributed by atoms with E-state index in [2.05, 4.69) is 5.32 Å². The van der Waals surface area contributed by atoms with E-state index in [0.29, 0.717) is 54.4 Å². The number of hydrogen-bond acceptors (Lipinski definition) is 5. The number of ether oxygens (including phenoxy) is 3. The largest absolute Gasteiger partial charge is 0.496 e. The predicted octanol–water partition coefficient (Wildman–Crippen LogP) is 4.84. The fraction of sp³-hybridized carbons (Fsp3) is 0.241. The number of nitrogens with one attached hydrogen (secondary N) is 1. The van der Waals surface area contributed by atoms with Gasteiger partial charge >= 0.3 is 0 Å². The number of methoxy groups -OCH3 is 1. The molecule has 0 atom stereocenters. The van der Waals surface area contributed by atoms with Gasteiger partial charge in [0.1, 0.15) is 5.75 Å². The number of hydrogen-bond donors (Lipinski definition) is 1. The van der Waals surface area contributed by atoms with E-state index in [0.717, 1.165) is 11.1 Å². The van der Waals surface area contributed by atoms with Crippen LogP contribution in [0.1, 0.15) is 24.0 Å². The van der Waals surface area contributed by atoms with Crippen LogP contribution in [0.15, 0.2) is 72.8 Å². The molecule has 5 rings (SSSR count). The molecule has 2 heterocycles. The van der Waals surface area contributed by atoms with E-state index >= 15 is 0 Å². The fourth-order valence-electron chi connectivity index (χ4n) is 4.56. The van der Waals surface area contributed by atoms with E-state index in [9.17, 15) is 9.59 Å². The summed E-state index contributed by atoms with van der Waals surface area (Å²) < 4.78 is 16.2. The molecule has 1 saturated heterocycles. The van der Waals surface area contributed by atoms with E-state index in [1.54, 1.807) is 25.3 Å². The van der Waals surface area contributed by atoms with Crippen molar-refractivity contribution in [3.8, 4) is 17.2 Å². The van der Waals surface area contributed by atoms with Crippen molar-refractivity contribution >= 4 is 29.2 Å². The molecule has 7 nitrogen and oxygen atoms in total. The van der Waals surface area contributed by atoms with Crippen LogP contribution in [0.4, 0.5) is 5.69 Å². The monoisotopic (exact) mass is 484 g/mol. The zero-order chi connectivity index (χ0) is 24.9. The standard InChI is InChI=1S/C29H28N2O5/c1-34-25-10-6-5-9-22(25)17-24(20-7-3-2-4-8-20)29(33)31-15-13-21(14-16-31)28(32)30-23-11-12-26-27(18-23)36-19-35-26/h2-12,17-18,21H,13-16,19H2,1H3,(H,30,32). The van der Waals surface area contributed by atoms with Gasteiger partial charge in [-0.05, 0) is 42.7 Å².